The monoisotopic (exact) mass is 359 g/mol. The SMILES string of the molecule is CC1CCCCC1OCC(O)CNC(C)(C)C.O=C(O)/C=C\C(=O)O. The first kappa shape index (κ1) is 23.6. The van der Waals surface area contributed by atoms with Crippen molar-refractivity contribution in [1.29, 1.82) is 0 Å². The average Bonchev–Trinajstić information content (AvgIpc) is 2.50. The highest BCUT2D eigenvalue weighted by atomic mass is 16.5. The lowest BCUT2D eigenvalue weighted by atomic mass is 9.88. The average molecular weight is 359 g/mol. The summed E-state index contributed by atoms with van der Waals surface area (Å²) in [6.07, 6.45) is 6.09. The van der Waals surface area contributed by atoms with Crippen LogP contribution in [-0.4, -0.2) is 58.2 Å². The van der Waals surface area contributed by atoms with Crippen LogP contribution in [0.5, 0.6) is 0 Å². The molecular formula is C18H33NO6. The van der Waals surface area contributed by atoms with Crippen molar-refractivity contribution >= 4 is 11.9 Å². The molecule has 0 aromatic rings. The second kappa shape index (κ2) is 12.0. The van der Waals surface area contributed by atoms with Crippen molar-refractivity contribution in [3.8, 4) is 0 Å². The third kappa shape index (κ3) is 14.6. The van der Waals surface area contributed by atoms with E-state index >= 15 is 0 Å². The van der Waals surface area contributed by atoms with Gasteiger partial charge in [-0.2, -0.15) is 0 Å². The Balaban J connectivity index is 0.000000609. The molecule has 3 atom stereocenters. The molecule has 7 heteroatoms. The Hall–Kier alpha value is -1.44. The van der Waals surface area contributed by atoms with E-state index in [0.29, 0.717) is 37.3 Å². The van der Waals surface area contributed by atoms with Gasteiger partial charge in [-0.05, 0) is 39.5 Å². The predicted octanol–water partition coefficient (Wildman–Crippen LogP) is 2.04. The number of β-amino-alcohol motifs (C(OH)–C–C–N with tert-alkyl or cyclic N) is 1. The smallest absolute Gasteiger partial charge is 0.328 e. The zero-order chi connectivity index (χ0) is 19.5. The van der Waals surface area contributed by atoms with Crippen LogP contribution >= 0.6 is 0 Å². The maximum atomic E-state index is 9.84. The third-order valence-corrected chi connectivity index (χ3v) is 3.77. The van der Waals surface area contributed by atoms with Gasteiger partial charge in [-0.1, -0.05) is 19.8 Å². The number of rotatable bonds is 7. The van der Waals surface area contributed by atoms with Crippen LogP contribution in [0, 0.1) is 5.92 Å². The zero-order valence-electron chi connectivity index (χ0n) is 15.7. The molecule has 25 heavy (non-hydrogen) atoms. The number of ether oxygens (including phenoxy) is 1. The van der Waals surface area contributed by atoms with Gasteiger partial charge in [-0.3, -0.25) is 0 Å². The number of carboxylic acids is 2. The lowest BCUT2D eigenvalue weighted by molar-refractivity contribution is -0.134. The number of aliphatic carboxylic acids is 2. The first-order chi connectivity index (χ1) is 11.5. The van der Waals surface area contributed by atoms with Crippen LogP contribution in [0.15, 0.2) is 12.2 Å². The molecule has 0 heterocycles. The summed E-state index contributed by atoms with van der Waals surface area (Å²) in [5.74, 6) is -1.87. The fraction of sp³-hybridized carbons (Fsp3) is 0.778. The third-order valence-electron chi connectivity index (χ3n) is 3.77. The van der Waals surface area contributed by atoms with E-state index in [1.165, 1.54) is 19.3 Å². The summed E-state index contributed by atoms with van der Waals surface area (Å²) in [4.78, 5) is 19.1. The lowest BCUT2D eigenvalue weighted by Gasteiger charge is -2.30. The van der Waals surface area contributed by atoms with Gasteiger partial charge >= 0.3 is 11.9 Å². The first-order valence-corrected chi connectivity index (χ1v) is 8.70. The number of carboxylic acid groups (broad SMARTS) is 2. The highest BCUT2D eigenvalue weighted by Crippen LogP contribution is 2.26. The largest absolute Gasteiger partial charge is 0.478 e. The normalized spacial score (nSPS) is 22.1. The molecule has 0 amide bonds. The van der Waals surface area contributed by atoms with E-state index in [1.807, 2.05) is 0 Å². The van der Waals surface area contributed by atoms with Crippen LogP contribution < -0.4 is 5.32 Å². The van der Waals surface area contributed by atoms with Crippen LogP contribution in [-0.2, 0) is 14.3 Å². The molecule has 146 valence electrons. The topological polar surface area (TPSA) is 116 Å². The Kier molecular flexibility index (Phi) is 11.3. The Morgan fingerprint density at radius 2 is 1.68 bits per heavy atom. The fourth-order valence-corrected chi connectivity index (χ4v) is 2.39. The van der Waals surface area contributed by atoms with Gasteiger partial charge in [0.1, 0.15) is 0 Å². The summed E-state index contributed by atoms with van der Waals surface area (Å²) in [7, 11) is 0. The summed E-state index contributed by atoms with van der Waals surface area (Å²) in [5.41, 5.74) is 0.0547. The fourth-order valence-electron chi connectivity index (χ4n) is 2.39. The van der Waals surface area contributed by atoms with Gasteiger partial charge in [-0.25, -0.2) is 9.59 Å². The zero-order valence-corrected chi connectivity index (χ0v) is 15.7. The minimum atomic E-state index is -1.26. The van der Waals surface area contributed by atoms with Crippen LogP contribution in [0.2, 0.25) is 0 Å². The summed E-state index contributed by atoms with van der Waals surface area (Å²) < 4.78 is 5.83. The number of nitrogens with one attached hydrogen (secondary N) is 1. The molecule has 7 nitrogen and oxygen atoms in total. The van der Waals surface area contributed by atoms with Crippen molar-refractivity contribution in [2.24, 2.45) is 5.92 Å². The number of carbonyl (C=O) groups is 2. The Morgan fingerprint density at radius 3 is 2.12 bits per heavy atom. The standard InChI is InChI=1S/C14H29NO2.C4H4O4/c1-11-7-5-6-8-13(11)17-10-12(16)9-15-14(2,3)4;5-3(6)1-2-4(7)8/h11-13,15-16H,5-10H2,1-4H3;1-2H,(H,5,6)(H,7,8)/b;2-1-. The van der Waals surface area contributed by atoms with E-state index in [1.54, 1.807) is 0 Å². The molecule has 1 fully saturated rings. The molecule has 0 bridgehead atoms. The quantitative estimate of drug-likeness (QED) is 0.514. The van der Waals surface area contributed by atoms with E-state index in [0.717, 1.165) is 6.42 Å². The van der Waals surface area contributed by atoms with Gasteiger partial charge in [-0.15, -0.1) is 0 Å². The van der Waals surface area contributed by atoms with Gasteiger partial charge in [0.15, 0.2) is 0 Å². The van der Waals surface area contributed by atoms with Gasteiger partial charge in [0, 0.05) is 24.2 Å². The minimum absolute atomic E-state index is 0.0547. The maximum Gasteiger partial charge on any atom is 0.328 e. The van der Waals surface area contributed by atoms with Gasteiger partial charge in [0.05, 0.1) is 18.8 Å². The van der Waals surface area contributed by atoms with Gasteiger partial charge < -0.3 is 25.4 Å². The van der Waals surface area contributed by atoms with E-state index in [2.05, 4.69) is 33.0 Å². The van der Waals surface area contributed by atoms with Crippen molar-refractivity contribution in [1.82, 2.24) is 5.32 Å². The molecule has 1 aliphatic rings. The molecule has 4 N–H and O–H groups in total. The summed E-state index contributed by atoms with van der Waals surface area (Å²) in [6.45, 7) is 9.61. The maximum absolute atomic E-state index is 9.84. The van der Waals surface area contributed by atoms with Crippen molar-refractivity contribution < 1.29 is 29.6 Å². The second-order valence-corrected chi connectivity index (χ2v) is 7.43. The van der Waals surface area contributed by atoms with E-state index in [9.17, 15) is 14.7 Å². The highest BCUT2D eigenvalue weighted by Gasteiger charge is 2.22. The summed E-state index contributed by atoms with van der Waals surface area (Å²) >= 11 is 0. The molecule has 1 saturated carbocycles. The minimum Gasteiger partial charge on any atom is -0.478 e. The highest BCUT2D eigenvalue weighted by molar-refractivity contribution is 5.89. The molecule has 0 spiro atoms. The Labute approximate surface area is 150 Å². The van der Waals surface area contributed by atoms with Crippen molar-refractivity contribution in [3.63, 3.8) is 0 Å². The lowest BCUT2D eigenvalue weighted by Crippen LogP contribution is -2.42. The van der Waals surface area contributed by atoms with Crippen LogP contribution in [0.25, 0.3) is 0 Å². The Bertz CT molecular complexity index is 414. The number of aliphatic hydroxyl groups is 1. The number of hydrogen-bond donors (Lipinski definition) is 4. The summed E-state index contributed by atoms with van der Waals surface area (Å²) in [6, 6.07) is 0. The van der Waals surface area contributed by atoms with Crippen LogP contribution in [0.1, 0.15) is 53.4 Å². The number of hydrogen-bond acceptors (Lipinski definition) is 5. The molecular weight excluding hydrogens is 326 g/mol. The van der Waals surface area contributed by atoms with Crippen molar-refractivity contribution in [3.05, 3.63) is 12.2 Å². The first-order valence-electron chi connectivity index (χ1n) is 8.70. The molecule has 0 aliphatic heterocycles. The van der Waals surface area contributed by atoms with Gasteiger partial charge in [0.2, 0.25) is 0 Å². The van der Waals surface area contributed by atoms with Gasteiger partial charge in [0.25, 0.3) is 0 Å². The van der Waals surface area contributed by atoms with Crippen LogP contribution in [0.3, 0.4) is 0 Å². The summed E-state index contributed by atoms with van der Waals surface area (Å²) in [5, 5.41) is 28.8. The van der Waals surface area contributed by atoms with Crippen LogP contribution in [0.4, 0.5) is 0 Å². The molecule has 1 aliphatic carbocycles. The van der Waals surface area contributed by atoms with Crippen molar-refractivity contribution in [2.45, 2.75) is 71.1 Å². The van der Waals surface area contributed by atoms with E-state index in [4.69, 9.17) is 14.9 Å². The van der Waals surface area contributed by atoms with E-state index < -0.39 is 18.0 Å². The second-order valence-electron chi connectivity index (χ2n) is 7.43. The predicted molar refractivity (Wildman–Crippen MR) is 95.5 cm³/mol. The number of aliphatic hydroxyl groups excluding tert-OH is 1. The molecule has 0 aromatic carbocycles. The van der Waals surface area contributed by atoms with E-state index in [-0.39, 0.29) is 5.54 Å². The van der Waals surface area contributed by atoms with Crippen molar-refractivity contribution in [2.75, 3.05) is 13.2 Å². The molecule has 3 unspecified atom stereocenters. The molecule has 0 saturated heterocycles. The molecule has 0 aromatic heterocycles. The Morgan fingerprint density at radius 1 is 1.16 bits per heavy atom. The molecule has 0 radical (unpaired) electrons. The molecule has 1 rings (SSSR count).